The lowest BCUT2D eigenvalue weighted by atomic mass is 10.2. The SMILES string of the molecule is CC(NS(=O)(=O)c1cc(Cl)cc(CO)c1F)c1ncc[nH]1. The summed E-state index contributed by atoms with van der Waals surface area (Å²) < 4.78 is 40.9. The fourth-order valence-corrected chi connectivity index (χ4v) is 3.45. The Bertz CT molecular complexity index is 734. The molecule has 114 valence electrons. The van der Waals surface area contributed by atoms with Gasteiger partial charge < -0.3 is 10.1 Å². The lowest BCUT2D eigenvalue weighted by Crippen LogP contribution is -2.28. The fraction of sp³-hybridized carbons (Fsp3) is 0.250. The first-order valence-corrected chi connectivity index (χ1v) is 7.81. The molecule has 0 bridgehead atoms. The standard InChI is InChI=1S/C12H13ClFN3O3S/c1-7(12-15-2-3-16-12)17-21(19,20)10-5-9(13)4-8(6-18)11(10)14/h2-5,7,17-18H,6H2,1H3,(H,15,16). The number of nitrogens with zero attached hydrogens (tertiary/aromatic N) is 1. The number of aliphatic hydroxyl groups is 1. The van der Waals surface area contributed by atoms with E-state index in [0.29, 0.717) is 5.82 Å². The number of hydrogen-bond donors (Lipinski definition) is 3. The summed E-state index contributed by atoms with van der Waals surface area (Å²) in [4.78, 5) is 6.07. The maximum Gasteiger partial charge on any atom is 0.244 e. The zero-order valence-electron chi connectivity index (χ0n) is 11.0. The van der Waals surface area contributed by atoms with E-state index in [9.17, 15) is 12.8 Å². The number of nitrogens with one attached hydrogen (secondary N) is 2. The highest BCUT2D eigenvalue weighted by atomic mass is 35.5. The van der Waals surface area contributed by atoms with Crippen LogP contribution < -0.4 is 4.72 Å². The van der Waals surface area contributed by atoms with Crippen molar-refractivity contribution in [3.05, 3.63) is 46.8 Å². The number of rotatable bonds is 5. The number of aliphatic hydroxyl groups excluding tert-OH is 1. The second-order valence-corrected chi connectivity index (χ2v) is 6.47. The van der Waals surface area contributed by atoms with Crippen LogP contribution in [-0.4, -0.2) is 23.5 Å². The van der Waals surface area contributed by atoms with E-state index < -0.39 is 33.4 Å². The van der Waals surface area contributed by atoms with Gasteiger partial charge in [0.1, 0.15) is 16.5 Å². The van der Waals surface area contributed by atoms with Crippen molar-refractivity contribution in [1.29, 1.82) is 0 Å². The third kappa shape index (κ3) is 3.41. The summed E-state index contributed by atoms with van der Waals surface area (Å²) in [6.45, 7) is 0.911. The molecule has 0 aliphatic heterocycles. The predicted molar refractivity (Wildman–Crippen MR) is 74.7 cm³/mol. The van der Waals surface area contributed by atoms with Crippen molar-refractivity contribution in [2.75, 3.05) is 0 Å². The van der Waals surface area contributed by atoms with Gasteiger partial charge in [0.2, 0.25) is 10.0 Å². The van der Waals surface area contributed by atoms with Gasteiger partial charge in [-0.15, -0.1) is 0 Å². The van der Waals surface area contributed by atoms with Gasteiger partial charge in [-0.3, -0.25) is 0 Å². The maximum absolute atomic E-state index is 14.1. The predicted octanol–water partition coefficient (Wildman–Crippen LogP) is 1.73. The second-order valence-electron chi connectivity index (χ2n) is 4.35. The Kier molecular flexibility index (Phi) is 4.62. The first-order chi connectivity index (χ1) is 9.85. The monoisotopic (exact) mass is 333 g/mol. The smallest absolute Gasteiger partial charge is 0.244 e. The first kappa shape index (κ1) is 15.9. The van der Waals surface area contributed by atoms with E-state index in [2.05, 4.69) is 14.7 Å². The summed E-state index contributed by atoms with van der Waals surface area (Å²) in [6, 6.07) is 1.49. The van der Waals surface area contributed by atoms with E-state index in [1.54, 1.807) is 13.1 Å². The molecule has 1 unspecified atom stereocenters. The van der Waals surface area contributed by atoms with Gasteiger partial charge in [-0.2, -0.15) is 0 Å². The van der Waals surface area contributed by atoms with Crippen molar-refractivity contribution in [3.63, 3.8) is 0 Å². The van der Waals surface area contributed by atoms with Gasteiger partial charge in [0.15, 0.2) is 0 Å². The van der Waals surface area contributed by atoms with Crippen LogP contribution in [0.1, 0.15) is 24.4 Å². The molecule has 2 rings (SSSR count). The molecule has 3 N–H and O–H groups in total. The molecule has 9 heteroatoms. The molecule has 1 heterocycles. The number of aromatic amines is 1. The first-order valence-electron chi connectivity index (χ1n) is 5.95. The number of sulfonamides is 1. The average Bonchev–Trinajstić information content (AvgIpc) is 2.94. The van der Waals surface area contributed by atoms with Gasteiger partial charge in [-0.1, -0.05) is 11.6 Å². The summed E-state index contributed by atoms with van der Waals surface area (Å²) in [7, 11) is -4.15. The van der Waals surface area contributed by atoms with E-state index in [1.165, 1.54) is 12.3 Å². The van der Waals surface area contributed by atoms with Crippen LogP contribution >= 0.6 is 11.6 Å². The van der Waals surface area contributed by atoms with Crippen LogP contribution in [0, 0.1) is 5.82 Å². The number of aromatic nitrogens is 2. The number of imidazole rings is 1. The number of halogens is 2. The van der Waals surface area contributed by atoms with E-state index in [0.717, 1.165) is 6.07 Å². The molecule has 0 saturated heterocycles. The Labute approximate surface area is 126 Å². The van der Waals surface area contributed by atoms with Gasteiger partial charge in [-0.05, 0) is 19.1 Å². The lowest BCUT2D eigenvalue weighted by Gasteiger charge is -2.14. The fourth-order valence-electron chi connectivity index (χ4n) is 1.80. The summed E-state index contributed by atoms with van der Waals surface area (Å²) in [5.74, 6) is -0.635. The van der Waals surface area contributed by atoms with Gasteiger partial charge >= 0.3 is 0 Å². The number of benzene rings is 1. The van der Waals surface area contributed by atoms with E-state index in [-0.39, 0.29) is 10.6 Å². The maximum atomic E-state index is 14.1. The highest BCUT2D eigenvalue weighted by Gasteiger charge is 2.25. The van der Waals surface area contributed by atoms with Crippen LogP contribution in [0.25, 0.3) is 0 Å². The normalized spacial score (nSPS) is 13.3. The van der Waals surface area contributed by atoms with Crippen LogP contribution in [0.3, 0.4) is 0 Å². The molecule has 6 nitrogen and oxygen atoms in total. The van der Waals surface area contributed by atoms with E-state index in [1.807, 2.05) is 0 Å². The Morgan fingerprint density at radius 1 is 1.52 bits per heavy atom. The van der Waals surface area contributed by atoms with Crippen molar-refractivity contribution in [2.45, 2.75) is 24.5 Å². The number of H-pyrrole nitrogens is 1. The topological polar surface area (TPSA) is 95.1 Å². The van der Waals surface area contributed by atoms with Crippen LogP contribution in [0.2, 0.25) is 5.02 Å². The van der Waals surface area contributed by atoms with Gasteiger partial charge in [0.05, 0.1) is 12.6 Å². The molecular weight excluding hydrogens is 321 g/mol. The van der Waals surface area contributed by atoms with Gasteiger partial charge in [0.25, 0.3) is 0 Å². The Hall–Kier alpha value is -1.48. The van der Waals surface area contributed by atoms with Gasteiger partial charge in [0, 0.05) is 23.0 Å². The lowest BCUT2D eigenvalue weighted by molar-refractivity contribution is 0.274. The van der Waals surface area contributed by atoms with Crippen molar-refractivity contribution in [2.24, 2.45) is 0 Å². The molecular formula is C12H13ClFN3O3S. The third-order valence-electron chi connectivity index (χ3n) is 2.80. The minimum atomic E-state index is -4.15. The molecule has 2 aromatic rings. The summed E-state index contributed by atoms with van der Waals surface area (Å²) >= 11 is 5.75. The van der Waals surface area contributed by atoms with Crippen molar-refractivity contribution in [1.82, 2.24) is 14.7 Å². The van der Waals surface area contributed by atoms with Crippen molar-refractivity contribution in [3.8, 4) is 0 Å². The highest BCUT2D eigenvalue weighted by Crippen LogP contribution is 2.25. The molecule has 0 aliphatic rings. The molecule has 1 aromatic heterocycles. The second kappa shape index (κ2) is 6.10. The van der Waals surface area contributed by atoms with Crippen LogP contribution in [-0.2, 0) is 16.6 Å². The van der Waals surface area contributed by atoms with E-state index >= 15 is 0 Å². The molecule has 1 aromatic carbocycles. The Morgan fingerprint density at radius 2 is 2.24 bits per heavy atom. The zero-order valence-corrected chi connectivity index (χ0v) is 12.5. The third-order valence-corrected chi connectivity index (χ3v) is 4.56. The zero-order chi connectivity index (χ0) is 15.6. The molecule has 0 fully saturated rings. The molecule has 0 saturated carbocycles. The molecule has 0 aliphatic carbocycles. The molecule has 0 amide bonds. The minimum absolute atomic E-state index is 0.0199. The summed E-state index contributed by atoms with van der Waals surface area (Å²) in [5.41, 5.74) is -0.187. The number of hydrogen-bond acceptors (Lipinski definition) is 4. The highest BCUT2D eigenvalue weighted by molar-refractivity contribution is 7.89. The minimum Gasteiger partial charge on any atom is -0.392 e. The molecule has 21 heavy (non-hydrogen) atoms. The Balaban J connectivity index is 2.38. The van der Waals surface area contributed by atoms with Crippen LogP contribution in [0.5, 0.6) is 0 Å². The van der Waals surface area contributed by atoms with Gasteiger partial charge in [-0.25, -0.2) is 22.5 Å². The van der Waals surface area contributed by atoms with Crippen LogP contribution in [0.4, 0.5) is 4.39 Å². The summed E-state index contributed by atoms with van der Waals surface area (Å²) in [5, 5.41) is 9.06. The van der Waals surface area contributed by atoms with Crippen molar-refractivity contribution < 1.29 is 17.9 Å². The van der Waals surface area contributed by atoms with Crippen molar-refractivity contribution >= 4 is 21.6 Å². The van der Waals surface area contributed by atoms with E-state index in [4.69, 9.17) is 16.7 Å². The average molecular weight is 334 g/mol. The molecule has 1 atom stereocenters. The summed E-state index contributed by atoms with van der Waals surface area (Å²) in [6.07, 6.45) is 3.02. The molecule has 0 radical (unpaired) electrons. The molecule has 0 spiro atoms. The van der Waals surface area contributed by atoms with Crippen LogP contribution in [0.15, 0.2) is 29.4 Å². The quantitative estimate of drug-likeness (QED) is 0.776. The largest absolute Gasteiger partial charge is 0.392 e. The Morgan fingerprint density at radius 3 is 2.81 bits per heavy atom.